The van der Waals surface area contributed by atoms with E-state index in [0.29, 0.717) is 17.5 Å². The number of furan rings is 1. The van der Waals surface area contributed by atoms with Crippen LogP contribution in [0.3, 0.4) is 0 Å². The number of methoxy groups -OCH3 is 2. The molecule has 0 bridgehead atoms. The number of nitrogens with zero attached hydrogens (tertiary/aromatic N) is 1. The van der Waals surface area contributed by atoms with Gasteiger partial charge in [-0.25, -0.2) is 0 Å². The monoisotopic (exact) mass is 341 g/mol. The maximum Gasteiger partial charge on any atom is 0.247 e. The zero-order valence-electron chi connectivity index (χ0n) is 14.8. The summed E-state index contributed by atoms with van der Waals surface area (Å²) in [7, 11) is 3.19. The van der Waals surface area contributed by atoms with Crippen molar-refractivity contribution in [2.75, 3.05) is 14.2 Å². The molecule has 2 aromatic rings. The molecular formula is C20H23NO4. The molecule has 1 atom stereocenters. The van der Waals surface area contributed by atoms with Crippen molar-refractivity contribution in [3.8, 4) is 11.5 Å². The lowest BCUT2D eigenvalue weighted by Crippen LogP contribution is -2.34. The minimum absolute atomic E-state index is 0.0128. The lowest BCUT2D eigenvalue weighted by molar-refractivity contribution is -0.129. The first-order valence-corrected chi connectivity index (χ1v) is 8.40. The van der Waals surface area contributed by atoms with Crippen molar-refractivity contribution in [3.63, 3.8) is 0 Å². The highest BCUT2D eigenvalue weighted by atomic mass is 16.5. The van der Waals surface area contributed by atoms with Gasteiger partial charge in [-0.05, 0) is 55.7 Å². The Morgan fingerprint density at radius 1 is 1.24 bits per heavy atom. The van der Waals surface area contributed by atoms with E-state index in [2.05, 4.69) is 0 Å². The molecule has 1 aliphatic rings. The van der Waals surface area contributed by atoms with Crippen LogP contribution in [0, 0.1) is 0 Å². The van der Waals surface area contributed by atoms with E-state index in [1.807, 2.05) is 42.2 Å². The smallest absolute Gasteiger partial charge is 0.247 e. The Hall–Kier alpha value is -2.69. The fourth-order valence-electron chi connectivity index (χ4n) is 2.92. The Kier molecular flexibility index (Phi) is 5.12. The average molecular weight is 341 g/mol. The Bertz CT molecular complexity index is 747. The number of benzene rings is 1. The standard InChI is InChI=1S/C20H23NO4/c1-14(17-5-4-12-25-17)21(16-8-9-16)20(22)11-7-15-6-10-18(23-2)19(13-15)24-3/h4-7,10-14,16H,8-9H2,1-3H3/b11-7+. The first-order valence-electron chi connectivity index (χ1n) is 8.40. The van der Waals surface area contributed by atoms with Crippen molar-refractivity contribution < 1.29 is 18.7 Å². The summed E-state index contributed by atoms with van der Waals surface area (Å²) < 4.78 is 16.0. The number of ether oxygens (including phenoxy) is 2. The van der Waals surface area contributed by atoms with E-state index in [0.717, 1.165) is 24.2 Å². The van der Waals surface area contributed by atoms with Crippen molar-refractivity contribution in [1.82, 2.24) is 4.90 Å². The van der Waals surface area contributed by atoms with Crippen LogP contribution in [0.5, 0.6) is 11.5 Å². The SMILES string of the molecule is COc1ccc(/C=C/C(=O)N(C2CC2)C(C)c2ccco2)cc1OC. The van der Waals surface area contributed by atoms with Gasteiger partial charge in [0.1, 0.15) is 5.76 Å². The molecule has 0 aliphatic heterocycles. The van der Waals surface area contributed by atoms with Gasteiger partial charge in [-0.3, -0.25) is 4.79 Å². The fraction of sp³-hybridized carbons (Fsp3) is 0.350. The quantitative estimate of drug-likeness (QED) is 0.713. The molecule has 1 unspecified atom stereocenters. The van der Waals surface area contributed by atoms with Crippen LogP contribution < -0.4 is 9.47 Å². The van der Waals surface area contributed by atoms with Crippen LogP contribution in [-0.2, 0) is 4.79 Å². The zero-order chi connectivity index (χ0) is 17.8. The number of hydrogen-bond donors (Lipinski definition) is 0. The Morgan fingerprint density at radius 3 is 2.60 bits per heavy atom. The summed E-state index contributed by atoms with van der Waals surface area (Å²) in [5, 5.41) is 0. The summed E-state index contributed by atoms with van der Waals surface area (Å²) in [5.74, 6) is 2.10. The van der Waals surface area contributed by atoms with Gasteiger partial charge in [-0.15, -0.1) is 0 Å². The molecule has 1 aromatic heterocycles. The molecule has 1 amide bonds. The van der Waals surface area contributed by atoms with Gasteiger partial charge < -0.3 is 18.8 Å². The van der Waals surface area contributed by atoms with Crippen molar-refractivity contribution >= 4 is 12.0 Å². The normalized spacial score (nSPS) is 15.2. The summed E-state index contributed by atoms with van der Waals surface area (Å²) in [6.07, 6.45) is 7.14. The molecule has 0 spiro atoms. The number of carbonyl (C=O) groups is 1. The Labute approximate surface area is 147 Å². The maximum atomic E-state index is 12.8. The topological polar surface area (TPSA) is 51.9 Å². The van der Waals surface area contributed by atoms with Crippen molar-refractivity contribution in [1.29, 1.82) is 0 Å². The largest absolute Gasteiger partial charge is 0.493 e. The molecule has 1 fully saturated rings. The highest BCUT2D eigenvalue weighted by molar-refractivity contribution is 5.92. The number of amides is 1. The Balaban J connectivity index is 1.76. The molecule has 25 heavy (non-hydrogen) atoms. The third-order valence-electron chi connectivity index (χ3n) is 4.39. The molecule has 1 saturated carbocycles. The lowest BCUT2D eigenvalue weighted by Gasteiger charge is -2.26. The summed E-state index contributed by atoms with van der Waals surface area (Å²) in [6.45, 7) is 2.00. The van der Waals surface area contributed by atoms with Gasteiger partial charge in [0.25, 0.3) is 0 Å². The van der Waals surface area contributed by atoms with Crippen LogP contribution in [0.25, 0.3) is 6.08 Å². The van der Waals surface area contributed by atoms with Crippen LogP contribution in [0.4, 0.5) is 0 Å². The zero-order valence-corrected chi connectivity index (χ0v) is 14.8. The van der Waals surface area contributed by atoms with Gasteiger partial charge in [0, 0.05) is 12.1 Å². The minimum Gasteiger partial charge on any atom is -0.493 e. The first-order chi connectivity index (χ1) is 12.1. The van der Waals surface area contributed by atoms with Gasteiger partial charge in [0.05, 0.1) is 26.5 Å². The third kappa shape index (κ3) is 3.87. The van der Waals surface area contributed by atoms with Crippen molar-refractivity contribution in [2.24, 2.45) is 0 Å². The molecule has 1 aromatic carbocycles. The predicted molar refractivity (Wildman–Crippen MR) is 95.6 cm³/mol. The number of carbonyl (C=O) groups excluding carboxylic acids is 1. The van der Waals surface area contributed by atoms with Crippen LogP contribution in [0.2, 0.25) is 0 Å². The Morgan fingerprint density at radius 2 is 2.00 bits per heavy atom. The molecule has 0 N–H and O–H groups in total. The van der Waals surface area contributed by atoms with Gasteiger partial charge in [-0.2, -0.15) is 0 Å². The fourth-order valence-corrected chi connectivity index (χ4v) is 2.92. The third-order valence-corrected chi connectivity index (χ3v) is 4.39. The molecule has 3 rings (SSSR count). The summed E-state index contributed by atoms with van der Waals surface area (Å²) in [6, 6.07) is 9.54. The first kappa shape index (κ1) is 17.1. The van der Waals surface area contributed by atoms with E-state index < -0.39 is 0 Å². The molecule has 1 aliphatic carbocycles. The second kappa shape index (κ2) is 7.47. The highest BCUT2D eigenvalue weighted by Crippen LogP contribution is 2.35. The molecule has 1 heterocycles. The number of rotatable bonds is 7. The van der Waals surface area contributed by atoms with E-state index in [1.54, 1.807) is 32.6 Å². The van der Waals surface area contributed by atoms with Crippen molar-refractivity contribution in [2.45, 2.75) is 31.8 Å². The van der Waals surface area contributed by atoms with Crippen LogP contribution in [0.1, 0.15) is 37.1 Å². The predicted octanol–water partition coefficient (Wildman–Crippen LogP) is 4.06. The van der Waals surface area contributed by atoms with Crippen LogP contribution in [-0.4, -0.2) is 31.1 Å². The molecule has 0 saturated heterocycles. The van der Waals surface area contributed by atoms with E-state index >= 15 is 0 Å². The second-order valence-electron chi connectivity index (χ2n) is 6.12. The van der Waals surface area contributed by atoms with E-state index in [-0.39, 0.29) is 11.9 Å². The molecule has 5 heteroatoms. The van der Waals surface area contributed by atoms with E-state index in [1.165, 1.54) is 0 Å². The van der Waals surface area contributed by atoms with Crippen LogP contribution in [0.15, 0.2) is 47.1 Å². The summed E-state index contributed by atoms with van der Waals surface area (Å²) >= 11 is 0. The van der Waals surface area contributed by atoms with Gasteiger partial charge in [0.2, 0.25) is 5.91 Å². The van der Waals surface area contributed by atoms with Gasteiger partial charge in [0.15, 0.2) is 11.5 Å². The lowest BCUT2D eigenvalue weighted by atomic mass is 10.1. The second-order valence-corrected chi connectivity index (χ2v) is 6.12. The van der Waals surface area contributed by atoms with Gasteiger partial charge in [-0.1, -0.05) is 6.07 Å². The van der Waals surface area contributed by atoms with Crippen molar-refractivity contribution in [3.05, 3.63) is 54.0 Å². The summed E-state index contributed by atoms with van der Waals surface area (Å²) in [5.41, 5.74) is 0.882. The molecule has 0 radical (unpaired) electrons. The van der Waals surface area contributed by atoms with E-state index in [9.17, 15) is 4.79 Å². The van der Waals surface area contributed by atoms with Gasteiger partial charge >= 0.3 is 0 Å². The highest BCUT2D eigenvalue weighted by Gasteiger charge is 2.36. The number of hydrogen-bond acceptors (Lipinski definition) is 4. The van der Waals surface area contributed by atoms with E-state index in [4.69, 9.17) is 13.9 Å². The molecule has 132 valence electrons. The summed E-state index contributed by atoms with van der Waals surface area (Å²) in [4.78, 5) is 14.7. The minimum atomic E-state index is -0.0787. The maximum absolute atomic E-state index is 12.8. The van der Waals surface area contributed by atoms with Crippen LogP contribution >= 0.6 is 0 Å². The molecule has 5 nitrogen and oxygen atoms in total. The molecular weight excluding hydrogens is 318 g/mol. The average Bonchev–Trinajstić information content (AvgIpc) is 3.30.